The third-order valence-corrected chi connectivity index (χ3v) is 3.06. The van der Waals surface area contributed by atoms with Crippen LogP contribution in [0.25, 0.3) is 0 Å². The molecular formula is C12H16N2O6S. The summed E-state index contributed by atoms with van der Waals surface area (Å²) in [6.07, 6.45) is -0.0188. The summed E-state index contributed by atoms with van der Waals surface area (Å²) in [5.41, 5.74) is 5.25. The predicted octanol–water partition coefficient (Wildman–Crippen LogP) is -0.429. The number of carboxylic acids is 2. The van der Waals surface area contributed by atoms with Gasteiger partial charge in [-0.15, -0.1) is 0 Å². The van der Waals surface area contributed by atoms with Crippen LogP contribution in [0.2, 0.25) is 0 Å². The number of carbonyl (C=O) groups is 2. The number of rotatable bonds is 8. The van der Waals surface area contributed by atoms with E-state index in [4.69, 9.17) is 10.2 Å². The Morgan fingerprint density at radius 3 is 2.10 bits per heavy atom. The molecule has 9 heteroatoms. The van der Waals surface area contributed by atoms with Crippen molar-refractivity contribution in [3.05, 3.63) is 23.8 Å². The van der Waals surface area contributed by atoms with Gasteiger partial charge in [0.05, 0.1) is 0 Å². The quantitative estimate of drug-likeness (QED) is 0.195. The van der Waals surface area contributed by atoms with E-state index in [9.17, 15) is 19.8 Å². The van der Waals surface area contributed by atoms with Gasteiger partial charge in [-0.3, -0.25) is 9.59 Å². The fourth-order valence-corrected chi connectivity index (χ4v) is 1.77. The van der Waals surface area contributed by atoms with E-state index in [1.807, 2.05) is 0 Å². The van der Waals surface area contributed by atoms with Crippen molar-refractivity contribution in [1.82, 2.24) is 10.9 Å². The first-order chi connectivity index (χ1) is 9.85. The lowest BCUT2D eigenvalue weighted by molar-refractivity contribution is -0.142. The molecule has 0 unspecified atom stereocenters. The SMILES string of the molecule is O=C(O)[C@H](CS)NN[C@@H](Cc1ccc(O)c(O)c1)C(=O)O. The molecule has 0 aliphatic heterocycles. The molecule has 116 valence electrons. The summed E-state index contributed by atoms with van der Waals surface area (Å²) in [6.45, 7) is 0. The number of hydrogen-bond acceptors (Lipinski definition) is 7. The van der Waals surface area contributed by atoms with Crippen molar-refractivity contribution in [1.29, 1.82) is 0 Å². The number of phenols is 2. The molecule has 1 rings (SSSR count). The Balaban J connectivity index is 2.71. The fraction of sp³-hybridized carbons (Fsp3) is 0.333. The van der Waals surface area contributed by atoms with Crippen molar-refractivity contribution in [2.45, 2.75) is 18.5 Å². The minimum atomic E-state index is -1.20. The molecule has 0 fully saturated rings. The van der Waals surface area contributed by atoms with Crippen LogP contribution < -0.4 is 10.9 Å². The molecule has 0 bridgehead atoms. The van der Waals surface area contributed by atoms with E-state index in [0.29, 0.717) is 5.56 Å². The number of phenolic OH excluding ortho intramolecular Hbond substituents is 2. The van der Waals surface area contributed by atoms with Crippen LogP contribution in [0, 0.1) is 0 Å². The third-order valence-electron chi connectivity index (χ3n) is 2.69. The highest BCUT2D eigenvalue weighted by atomic mass is 32.1. The molecule has 0 radical (unpaired) electrons. The second kappa shape index (κ2) is 7.72. The van der Waals surface area contributed by atoms with Gasteiger partial charge >= 0.3 is 11.9 Å². The van der Waals surface area contributed by atoms with Gasteiger partial charge in [0.1, 0.15) is 12.1 Å². The van der Waals surface area contributed by atoms with E-state index >= 15 is 0 Å². The van der Waals surface area contributed by atoms with Gasteiger partial charge in [0, 0.05) is 5.75 Å². The second-order valence-electron chi connectivity index (χ2n) is 4.28. The average Bonchev–Trinajstić information content (AvgIpc) is 2.41. The number of nitrogens with one attached hydrogen (secondary N) is 2. The molecule has 0 saturated carbocycles. The Hall–Kier alpha value is -1.97. The second-order valence-corrected chi connectivity index (χ2v) is 4.65. The summed E-state index contributed by atoms with van der Waals surface area (Å²) in [7, 11) is 0. The van der Waals surface area contributed by atoms with Gasteiger partial charge in [0.15, 0.2) is 11.5 Å². The van der Waals surface area contributed by atoms with Crippen molar-refractivity contribution in [2.75, 3.05) is 5.75 Å². The zero-order valence-electron chi connectivity index (χ0n) is 10.9. The van der Waals surface area contributed by atoms with Gasteiger partial charge in [-0.25, -0.2) is 10.9 Å². The lowest BCUT2D eigenvalue weighted by Gasteiger charge is -2.18. The topological polar surface area (TPSA) is 139 Å². The molecule has 0 aliphatic carbocycles. The van der Waals surface area contributed by atoms with Gasteiger partial charge in [-0.1, -0.05) is 6.07 Å². The first-order valence-corrected chi connectivity index (χ1v) is 6.56. The van der Waals surface area contributed by atoms with Gasteiger partial charge in [0.2, 0.25) is 0 Å². The zero-order valence-corrected chi connectivity index (χ0v) is 11.7. The van der Waals surface area contributed by atoms with Crippen LogP contribution in [0.4, 0.5) is 0 Å². The van der Waals surface area contributed by atoms with Crippen LogP contribution in [-0.4, -0.2) is 50.2 Å². The number of carboxylic acid groups (broad SMARTS) is 2. The summed E-state index contributed by atoms with van der Waals surface area (Å²) in [4.78, 5) is 21.9. The van der Waals surface area contributed by atoms with Gasteiger partial charge < -0.3 is 20.4 Å². The Bertz CT molecular complexity index is 524. The van der Waals surface area contributed by atoms with Crippen LogP contribution in [0.3, 0.4) is 0 Å². The molecule has 8 nitrogen and oxygen atoms in total. The molecule has 0 aliphatic rings. The minimum absolute atomic E-state index is 0.0188. The van der Waals surface area contributed by atoms with E-state index in [-0.39, 0.29) is 23.7 Å². The minimum Gasteiger partial charge on any atom is -0.504 e. The van der Waals surface area contributed by atoms with Crippen LogP contribution in [0.15, 0.2) is 18.2 Å². The van der Waals surface area contributed by atoms with Gasteiger partial charge in [-0.2, -0.15) is 12.6 Å². The molecule has 0 spiro atoms. The summed E-state index contributed by atoms with van der Waals surface area (Å²) in [5, 5.41) is 36.5. The molecular weight excluding hydrogens is 300 g/mol. The molecule has 6 N–H and O–H groups in total. The predicted molar refractivity (Wildman–Crippen MR) is 76.4 cm³/mol. The van der Waals surface area contributed by atoms with Crippen molar-refractivity contribution in [3.63, 3.8) is 0 Å². The average molecular weight is 316 g/mol. The first-order valence-electron chi connectivity index (χ1n) is 5.93. The Kier molecular flexibility index (Phi) is 6.28. The molecule has 21 heavy (non-hydrogen) atoms. The Labute approximate surface area is 125 Å². The number of hydrazine groups is 1. The normalized spacial score (nSPS) is 13.6. The van der Waals surface area contributed by atoms with Gasteiger partial charge in [-0.05, 0) is 24.1 Å². The van der Waals surface area contributed by atoms with Gasteiger partial charge in [0.25, 0.3) is 0 Å². The maximum Gasteiger partial charge on any atom is 0.322 e. The lowest BCUT2D eigenvalue weighted by Crippen LogP contribution is -2.53. The molecule has 1 aromatic carbocycles. The van der Waals surface area contributed by atoms with Crippen molar-refractivity contribution < 1.29 is 30.0 Å². The van der Waals surface area contributed by atoms with E-state index in [1.165, 1.54) is 18.2 Å². The maximum atomic E-state index is 11.1. The van der Waals surface area contributed by atoms with E-state index in [2.05, 4.69) is 23.5 Å². The molecule has 0 saturated heterocycles. The molecule has 2 atom stereocenters. The molecule has 0 amide bonds. The maximum absolute atomic E-state index is 11.1. The zero-order chi connectivity index (χ0) is 16.0. The standard InChI is InChI=1S/C12H16N2O6S/c15-9-2-1-6(4-10(9)16)3-7(11(17)18)13-14-8(5-21)12(19)20/h1-2,4,7-8,13-16,21H,3,5H2,(H,17,18)(H,19,20)/t7-,8-/m0/s1. The van der Waals surface area contributed by atoms with Crippen LogP contribution in [0.5, 0.6) is 11.5 Å². The molecule has 0 aromatic heterocycles. The van der Waals surface area contributed by atoms with E-state index in [1.54, 1.807) is 0 Å². The van der Waals surface area contributed by atoms with E-state index < -0.39 is 24.0 Å². The summed E-state index contributed by atoms with van der Waals surface area (Å²) in [5.74, 6) is -3.04. The highest BCUT2D eigenvalue weighted by molar-refractivity contribution is 7.80. The van der Waals surface area contributed by atoms with Crippen LogP contribution >= 0.6 is 12.6 Å². The van der Waals surface area contributed by atoms with Crippen LogP contribution in [0.1, 0.15) is 5.56 Å². The van der Waals surface area contributed by atoms with Crippen molar-refractivity contribution in [2.24, 2.45) is 0 Å². The smallest absolute Gasteiger partial charge is 0.322 e. The lowest BCUT2D eigenvalue weighted by atomic mass is 10.1. The first kappa shape index (κ1) is 17.1. The molecule has 0 heterocycles. The van der Waals surface area contributed by atoms with Crippen molar-refractivity contribution in [3.8, 4) is 11.5 Å². The van der Waals surface area contributed by atoms with Crippen LogP contribution in [-0.2, 0) is 16.0 Å². The highest BCUT2D eigenvalue weighted by Gasteiger charge is 2.22. The summed E-state index contributed by atoms with van der Waals surface area (Å²) < 4.78 is 0. The monoisotopic (exact) mass is 316 g/mol. The number of hydrogen-bond donors (Lipinski definition) is 7. The largest absolute Gasteiger partial charge is 0.504 e. The Morgan fingerprint density at radius 1 is 1.05 bits per heavy atom. The van der Waals surface area contributed by atoms with Crippen molar-refractivity contribution >= 4 is 24.6 Å². The number of aromatic hydroxyl groups is 2. The number of benzene rings is 1. The Morgan fingerprint density at radius 2 is 1.62 bits per heavy atom. The number of thiol groups is 1. The molecule has 1 aromatic rings. The third kappa shape index (κ3) is 5.14. The van der Waals surface area contributed by atoms with E-state index in [0.717, 1.165) is 0 Å². The summed E-state index contributed by atoms with van der Waals surface area (Å²) in [6, 6.07) is 1.78. The summed E-state index contributed by atoms with van der Waals surface area (Å²) >= 11 is 3.84. The highest BCUT2D eigenvalue weighted by Crippen LogP contribution is 2.25. The fourth-order valence-electron chi connectivity index (χ4n) is 1.52. The number of aliphatic carboxylic acids is 2.